The second-order valence-corrected chi connectivity index (χ2v) is 7.77. The van der Waals surface area contributed by atoms with Crippen molar-refractivity contribution in [3.05, 3.63) is 39.7 Å². The summed E-state index contributed by atoms with van der Waals surface area (Å²) in [5, 5.41) is 3.07. The number of amides is 1. The van der Waals surface area contributed by atoms with Crippen LogP contribution in [0.25, 0.3) is 0 Å². The Balaban J connectivity index is 1.55. The first-order chi connectivity index (χ1) is 10.9. The van der Waals surface area contributed by atoms with E-state index in [0.717, 1.165) is 28.1 Å². The number of rotatable bonds is 6. The molecule has 4 nitrogen and oxygen atoms in total. The maximum Gasteiger partial charge on any atom is 0.228 e. The van der Waals surface area contributed by atoms with Crippen molar-refractivity contribution in [3.8, 4) is 0 Å². The summed E-state index contributed by atoms with van der Waals surface area (Å²) in [5.74, 6) is 3.71. The maximum atomic E-state index is 12.3. The third kappa shape index (κ3) is 3.83. The molecule has 2 heterocycles. The predicted octanol–water partition coefficient (Wildman–Crippen LogP) is 4.18. The fourth-order valence-corrected chi connectivity index (χ4v) is 3.51. The zero-order valence-electron chi connectivity index (χ0n) is 14.2. The molecule has 1 fully saturated rings. The molecule has 0 aromatic carbocycles. The second kappa shape index (κ2) is 6.48. The number of hydrogen-bond donors (Lipinski definition) is 0. The standard InChI is InChI=1S/C18H24N2O2S/c1-11(2)18-19-13(10-23-18)8-17(21)20(4)9-14-5-6-16(22-14)15-7-12(15)3/h5-6,10-12,15H,7-9H2,1-4H3/t12-,15+/m0/s1. The lowest BCUT2D eigenvalue weighted by Crippen LogP contribution is -2.27. The highest BCUT2D eigenvalue weighted by Gasteiger charge is 2.36. The largest absolute Gasteiger partial charge is 0.464 e. The van der Waals surface area contributed by atoms with Crippen molar-refractivity contribution < 1.29 is 9.21 Å². The Bertz CT molecular complexity index is 689. The van der Waals surface area contributed by atoms with Gasteiger partial charge in [0, 0.05) is 24.3 Å². The molecule has 3 rings (SSSR count). The van der Waals surface area contributed by atoms with Crippen molar-refractivity contribution in [2.24, 2.45) is 5.92 Å². The molecule has 2 atom stereocenters. The molecule has 23 heavy (non-hydrogen) atoms. The van der Waals surface area contributed by atoms with Crippen LogP contribution in [-0.4, -0.2) is 22.8 Å². The van der Waals surface area contributed by atoms with Crippen molar-refractivity contribution in [1.29, 1.82) is 0 Å². The molecule has 0 spiro atoms. The molecule has 1 amide bonds. The zero-order chi connectivity index (χ0) is 16.6. The molecule has 0 bridgehead atoms. The maximum absolute atomic E-state index is 12.3. The number of furan rings is 1. The molecule has 2 aromatic rings. The van der Waals surface area contributed by atoms with Gasteiger partial charge in [0.25, 0.3) is 0 Å². The molecule has 2 aromatic heterocycles. The van der Waals surface area contributed by atoms with E-state index in [-0.39, 0.29) is 5.91 Å². The first kappa shape index (κ1) is 16.2. The Morgan fingerprint density at radius 1 is 1.48 bits per heavy atom. The van der Waals surface area contributed by atoms with Crippen LogP contribution in [0, 0.1) is 5.92 Å². The second-order valence-electron chi connectivity index (χ2n) is 6.88. The zero-order valence-corrected chi connectivity index (χ0v) is 15.0. The lowest BCUT2D eigenvalue weighted by Gasteiger charge is -2.15. The van der Waals surface area contributed by atoms with Crippen molar-refractivity contribution in [3.63, 3.8) is 0 Å². The summed E-state index contributed by atoms with van der Waals surface area (Å²) in [6.45, 7) is 6.99. The highest BCUT2D eigenvalue weighted by molar-refractivity contribution is 7.09. The molecule has 124 valence electrons. The monoisotopic (exact) mass is 332 g/mol. The van der Waals surface area contributed by atoms with Crippen molar-refractivity contribution >= 4 is 17.2 Å². The summed E-state index contributed by atoms with van der Waals surface area (Å²) in [6.07, 6.45) is 1.57. The van der Waals surface area contributed by atoms with Gasteiger partial charge in [-0.2, -0.15) is 0 Å². The van der Waals surface area contributed by atoms with Crippen molar-refractivity contribution in [2.75, 3.05) is 7.05 Å². The van der Waals surface area contributed by atoms with Gasteiger partial charge in [0.05, 0.1) is 23.7 Å². The van der Waals surface area contributed by atoms with E-state index in [1.54, 1.807) is 16.2 Å². The van der Waals surface area contributed by atoms with Crippen molar-refractivity contribution in [1.82, 2.24) is 9.88 Å². The number of hydrogen-bond acceptors (Lipinski definition) is 4. The summed E-state index contributed by atoms with van der Waals surface area (Å²) in [4.78, 5) is 18.6. The Kier molecular flexibility index (Phi) is 4.57. The van der Waals surface area contributed by atoms with Gasteiger partial charge >= 0.3 is 0 Å². The Morgan fingerprint density at radius 3 is 2.83 bits per heavy atom. The van der Waals surface area contributed by atoms with E-state index >= 15 is 0 Å². The number of nitrogens with zero attached hydrogens (tertiary/aromatic N) is 2. The van der Waals surface area contributed by atoms with Gasteiger partial charge in [-0.05, 0) is 24.5 Å². The topological polar surface area (TPSA) is 46.3 Å². The van der Waals surface area contributed by atoms with Gasteiger partial charge in [0.2, 0.25) is 5.91 Å². The van der Waals surface area contributed by atoms with E-state index in [1.807, 2.05) is 18.5 Å². The van der Waals surface area contributed by atoms with Crippen LogP contribution in [0.2, 0.25) is 0 Å². The lowest BCUT2D eigenvalue weighted by atomic mass is 10.2. The molecule has 0 unspecified atom stereocenters. The lowest BCUT2D eigenvalue weighted by molar-refractivity contribution is -0.130. The Hall–Kier alpha value is -1.62. The van der Waals surface area contributed by atoms with Crippen LogP contribution in [0.4, 0.5) is 0 Å². The van der Waals surface area contributed by atoms with Crippen LogP contribution in [0.1, 0.15) is 61.2 Å². The fraction of sp³-hybridized carbons (Fsp3) is 0.556. The average molecular weight is 332 g/mol. The molecule has 0 radical (unpaired) electrons. The van der Waals surface area contributed by atoms with E-state index in [4.69, 9.17) is 4.42 Å². The van der Waals surface area contributed by atoms with Gasteiger partial charge in [-0.1, -0.05) is 20.8 Å². The van der Waals surface area contributed by atoms with Crippen LogP contribution in [0.5, 0.6) is 0 Å². The van der Waals surface area contributed by atoms with Gasteiger partial charge < -0.3 is 9.32 Å². The first-order valence-corrected chi connectivity index (χ1v) is 9.09. The van der Waals surface area contributed by atoms with E-state index in [0.29, 0.717) is 24.8 Å². The number of carbonyl (C=O) groups excluding carboxylic acids is 1. The molecular weight excluding hydrogens is 308 g/mol. The van der Waals surface area contributed by atoms with E-state index < -0.39 is 0 Å². The minimum atomic E-state index is 0.0725. The SMILES string of the molecule is CC(C)c1nc(CC(=O)N(C)Cc2ccc([C@@H]3C[C@@H]3C)o2)cs1. The third-order valence-electron chi connectivity index (χ3n) is 4.37. The molecule has 0 aliphatic heterocycles. The normalized spacial score (nSPS) is 20.0. The van der Waals surface area contributed by atoms with Gasteiger partial charge in [-0.25, -0.2) is 4.98 Å². The molecule has 5 heteroatoms. The van der Waals surface area contributed by atoms with E-state index in [2.05, 4.69) is 31.8 Å². The van der Waals surface area contributed by atoms with E-state index in [1.165, 1.54) is 6.42 Å². The molecule has 1 saturated carbocycles. The Morgan fingerprint density at radius 2 is 2.22 bits per heavy atom. The molecule has 0 N–H and O–H groups in total. The number of carbonyl (C=O) groups is 1. The minimum Gasteiger partial charge on any atom is -0.464 e. The Labute approximate surface area is 141 Å². The van der Waals surface area contributed by atoms with Crippen molar-refractivity contribution in [2.45, 2.75) is 52.0 Å². The van der Waals surface area contributed by atoms with Gasteiger partial charge in [-0.3, -0.25) is 4.79 Å². The average Bonchev–Trinajstić information content (AvgIpc) is 2.93. The molecular formula is C18H24N2O2S. The predicted molar refractivity (Wildman–Crippen MR) is 91.6 cm³/mol. The van der Waals surface area contributed by atoms with E-state index in [9.17, 15) is 4.79 Å². The number of likely N-dealkylation sites (N-methyl/N-ethyl adjacent to an activating group) is 1. The summed E-state index contributed by atoms with van der Waals surface area (Å²) < 4.78 is 5.88. The summed E-state index contributed by atoms with van der Waals surface area (Å²) in [5.41, 5.74) is 0.863. The number of thiazole rings is 1. The summed E-state index contributed by atoms with van der Waals surface area (Å²) >= 11 is 1.63. The third-order valence-corrected chi connectivity index (χ3v) is 5.57. The van der Waals surface area contributed by atoms with Gasteiger partial charge in [0.1, 0.15) is 11.5 Å². The van der Waals surface area contributed by atoms with Crippen LogP contribution in [0.3, 0.4) is 0 Å². The first-order valence-electron chi connectivity index (χ1n) is 8.21. The van der Waals surface area contributed by atoms with Crippen LogP contribution >= 0.6 is 11.3 Å². The van der Waals surface area contributed by atoms with Crippen LogP contribution < -0.4 is 0 Å². The minimum absolute atomic E-state index is 0.0725. The molecule has 0 saturated heterocycles. The highest BCUT2D eigenvalue weighted by atomic mass is 32.1. The van der Waals surface area contributed by atoms with Crippen LogP contribution in [-0.2, 0) is 17.8 Å². The fourth-order valence-electron chi connectivity index (χ4n) is 2.68. The van der Waals surface area contributed by atoms with Gasteiger partial charge in [-0.15, -0.1) is 11.3 Å². The summed E-state index contributed by atoms with van der Waals surface area (Å²) in [7, 11) is 1.82. The number of aromatic nitrogens is 1. The van der Waals surface area contributed by atoms with Crippen LogP contribution in [0.15, 0.2) is 21.9 Å². The van der Waals surface area contributed by atoms with Gasteiger partial charge in [0.15, 0.2) is 0 Å². The highest BCUT2D eigenvalue weighted by Crippen LogP contribution is 2.47. The molecule has 1 aliphatic rings. The quantitative estimate of drug-likeness (QED) is 0.797. The smallest absolute Gasteiger partial charge is 0.228 e. The molecule has 1 aliphatic carbocycles. The summed E-state index contributed by atoms with van der Waals surface area (Å²) in [6, 6.07) is 4.04.